The van der Waals surface area contributed by atoms with Gasteiger partial charge in [0, 0.05) is 18.2 Å². The summed E-state index contributed by atoms with van der Waals surface area (Å²) in [6, 6.07) is 4.38. The van der Waals surface area contributed by atoms with Crippen LogP contribution in [0.2, 0.25) is 0 Å². The van der Waals surface area contributed by atoms with Gasteiger partial charge in [-0.15, -0.1) is 0 Å². The van der Waals surface area contributed by atoms with Crippen LogP contribution in [-0.4, -0.2) is 47.0 Å². The molecule has 1 saturated heterocycles. The van der Waals surface area contributed by atoms with E-state index in [1.807, 2.05) is 0 Å². The number of nitrogens with zero attached hydrogens (tertiary/aromatic N) is 1. The first-order valence-electron chi connectivity index (χ1n) is 7.67. The van der Waals surface area contributed by atoms with Crippen LogP contribution < -0.4 is 4.74 Å². The maximum absolute atomic E-state index is 13.4. The minimum absolute atomic E-state index is 0.149. The van der Waals surface area contributed by atoms with Crippen molar-refractivity contribution in [2.45, 2.75) is 43.9 Å². The molecule has 21 heavy (non-hydrogen) atoms. The van der Waals surface area contributed by atoms with Gasteiger partial charge in [-0.2, -0.15) is 0 Å². The number of hydrogen-bond donors (Lipinski definition) is 2. The van der Waals surface area contributed by atoms with Gasteiger partial charge in [0.1, 0.15) is 24.3 Å². The predicted molar refractivity (Wildman–Crippen MR) is 76.7 cm³/mol. The van der Waals surface area contributed by atoms with E-state index in [2.05, 4.69) is 4.90 Å². The summed E-state index contributed by atoms with van der Waals surface area (Å²) in [6.07, 6.45) is 3.22. The molecule has 0 bridgehead atoms. The summed E-state index contributed by atoms with van der Waals surface area (Å²) in [7, 11) is 0. The maximum Gasteiger partial charge on any atom is 0.125 e. The van der Waals surface area contributed by atoms with Crippen molar-refractivity contribution in [3.05, 3.63) is 29.6 Å². The summed E-state index contributed by atoms with van der Waals surface area (Å²) in [4.78, 5) is 2.23. The van der Waals surface area contributed by atoms with Crippen molar-refractivity contribution < 1.29 is 19.3 Å². The fraction of sp³-hybridized carbons (Fsp3) is 0.625. The first kappa shape index (κ1) is 14.8. The first-order valence-corrected chi connectivity index (χ1v) is 7.67. The van der Waals surface area contributed by atoms with Gasteiger partial charge in [-0.05, 0) is 44.0 Å². The Labute approximate surface area is 124 Å². The number of likely N-dealkylation sites (tertiary alicyclic amines) is 1. The second-order valence-corrected chi connectivity index (χ2v) is 5.91. The van der Waals surface area contributed by atoms with E-state index in [-0.39, 0.29) is 24.5 Å². The van der Waals surface area contributed by atoms with E-state index < -0.39 is 6.10 Å². The van der Waals surface area contributed by atoms with Crippen LogP contribution in [0.25, 0.3) is 0 Å². The summed E-state index contributed by atoms with van der Waals surface area (Å²) in [5.74, 6) is 0.207. The lowest BCUT2D eigenvalue weighted by atomic mass is 9.92. The topological polar surface area (TPSA) is 52.9 Å². The van der Waals surface area contributed by atoms with E-state index >= 15 is 0 Å². The van der Waals surface area contributed by atoms with Gasteiger partial charge in [0.25, 0.3) is 0 Å². The highest BCUT2D eigenvalue weighted by molar-refractivity contribution is 5.38. The minimum atomic E-state index is -0.747. The van der Waals surface area contributed by atoms with Gasteiger partial charge in [0.15, 0.2) is 0 Å². The molecule has 3 atom stereocenters. The van der Waals surface area contributed by atoms with Crippen LogP contribution in [0.1, 0.15) is 37.4 Å². The Bertz CT molecular complexity index is 494. The molecular formula is C16H22FNO3. The molecule has 0 spiro atoms. The molecule has 2 N–H and O–H groups in total. The largest absolute Gasteiger partial charge is 0.491 e. The summed E-state index contributed by atoms with van der Waals surface area (Å²) < 4.78 is 19.1. The van der Waals surface area contributed by atoms with Crippen molar-refractivity contribution in [1.29, 1.82) is 0 Å². The van der Waals surface area contributed by atoms with Gasteiger partial charge in [-0.1, -0.05) is 6.42 Å². The molecule has 2 heterocycles. The molecule has 0 saturated carbocycles. The maximum atomic E-state index is 13.4. The fourth-order valence-electron chi connectivity index (χ4n) is 3.55. The quantitative estimate of drug-likeness (QED) is 0.893. The molecule has 0 aliphatic carbocycles. The molecule has 4 nitrogen and oxygen atoms in total. The average molecular weight is 295 g/mol. The van der Waals surface area contributed by atoms with Crippen LogP contribution in [0.3, 0.4) is 0 Å². The Morgan fingerprint density at radius 2 is 2.19 bits per heavy atom. The Kier molecular flexibility index (Phi) is 4.42. The second kappa shape index (κ2) is 6.30. The predicted octanol–water partition coefficient (Wildman–Crippen LogP) is 1.86. The van der Waals surface area contributed by atoms with Crippen molar-refractivity contribution in [2.24, 2.45) is 0 Å². The van der Waals surface area contributed by atoms with Crippen LogP contribution >= 0.6 is 0 Å². The molecule has 3 unspecified atom stereocenters. The van der Waals surface area contributed by atoms with E-state index in [1.165, 1.54) is 12.1 Å². The van der Waals surface area contributed by atoms with Gasteiger partial charge < -0.3 is 14.9 Å². The average Bonchev–Trinajstić information content (AvgIpc) is 2.50. The van der Waals surface area contributed by atoms with Gasteiger partial charge in [0.05, 0.1) is 6.04 Å². The number of ether oxygens (including phenoxy) is 1. The van der Waals surface area contributed by atoms with Gasteiger partial charge >= 0.3 is 0 Å². The Balaban J connectivity index is 1.82. The minimum Gasteiger partial charge on any atom is -0.491 e. The molecule has 1 aromatic rings. The summed E-state index contributed by atoms with van der Waals surface area (Å²) in [5, 5.41) is 19.9. The third kappa shape index (κ3) is 2.91. The summed E-state index contributed by atoms with van der Waals surface area (Å²) >= 11 is 0. The van der Waals surface area contributed by atoms with Crippen molar-refractivity contribution in [2.75, 3.05) is 19.8 Å². The van der Waals surface area contributed by atoms with E-state index in [0.717, 1.165) is 25.8 Å². The third-order valence-corrected chi connectivity index (χ3v) is 4.63. The highest BCUT2D eigenvalue weighted by Gasteiger charge is 2.37. The molecule has 0 radical (unpaired) electrons. The Morgan fingerprint density at radius 3 is 3.00 bits per heavy atom. The van der Waals surface area contributed by atoms with Gasteiger partial charge in [-0.3, -0.25) is 4.90 Å². The van der Waals surface area contributed by atoms with Gasteiger partial charge in [0.2, 0.25) is 0 Å². The van der Waals surface area contributed by atoms with Crippen LogP contribution in [0.4, 0.5) is 4.39 Å². The highest BCUT2D eigenvalue weighted by Crippen LogP contribution is 2.37. The molecule has 2 aliphatic rings. The first-order chi connectivity index (χ1) is 10.2. The lowest BCUT2D eigenvalue weighted by molar-refractivity contribution is -0.0333. The molecule has 3 rings (SSSR count). The van der Waals surface area contributed by atoms with E-state index in [4.69, 9.17) is 4.74 Å². The molecular weight excluding hydrogens is 273 g/mol. The zero-order valence-corrected chi connectivity index (χ0v) is 12.0. The number of piperidine rings is 1. The molecule has 1 fully saturated rings. The lowest BCUT2D eigenvalue weighted by Gasteiger charge is -2.44. The zero-order valence-electron chi connectivity index (χ0n) is 12.0. The van der Waals surface area contributed by atoms with Crippen molar-refractivity contribution in [1.82, 2.24) is 4.90 Å². The lowest BCUT2D eigenvalue weighted by Crippen LogP contribution is -2.52. The number of fused-ring (bicyclic) bond motifs is 1. The standard InChI is InChI=1S/C16H22FNO3/c17-11-4-5-15-13(9-11)16(20)14(10-21-15)18-7-2-1-3-12(18)6-8-19/h4-5,9,12,14,16,19-20H,1-3,6-8,10H2. The van der Waals surface area contributed by atoms with E-state index in [1.54, 1.807) is 6.07 Å². The molecule has 1 aromatic carbocycles. The molecule has 116 valence electrons. The normalized spacial score (nSPS) is 29.8. The molecule has 5 heteroatoms. The number of benzene rings is 1. The SMILES string of the molecule is OCCC1CCCCN1C1COc2ccc(F)cc2C1O. The second-order valence-electron chi connectivity index (χ2n) is 5.91. The highest BCUT2D eigenvalue weighted by atomic mass is 19.1. The van der Waals surface area contributed by atoms with Crippen LogP contribution in [-0.2, 0) is 0 Å². The van der Waals surface area contributed by atoms with E-state index in [0.29, 0.717) is 24.3 Å². The summed E-state index contributed by atoms with van der Waals surface area (Å²) in [6.45, 7) is 1.44. The third-order valence-electron chi connectivity index (χ3n) is 4.63. The number of aliphatic hydroxyl groups excluding tert-OH is 2. The van der Waals surface area contributed by atoms with Crippen molar-refractivity contribution in [3.8, 4) is 5.75 Å². The van der Waals surface area contributed by atoms with Crippen LogP contribution in [0, 0.1) is 5.82 Å². The van der Waals surface area contributed by atoms with Crippen molar-refractivity contribution >= 4 is 0 Å². The van der Waals surface area contributed by atoms with Gasteiger partial charge in [-0.25, -0.2) is 4.39 Å². The molecule has 2 aliphatic heterocycles. The molecule has 0 amide bonds. The van der Waals surface area contributed by atoms with E-state index in [9.17, 15) is 14.6 Å². The van der Waals surface area contributed by atoms with Crippen LogP contribution in [0.5, 0.6) is 5.75 Å². The smallest absolute Gasteiger partial charge is 0.125 e. The molecule has 0 aromatic heterocycles. The zero-order chi connectivity index (χ0) is 14.8. The number of hydrogen-bond acceptors (Lipinski definition) is 4. The number of halogens is 1. The Hall–Kier alpha value is -1.17. The van der Waals surface area contributed by atoms with Crippen LogP contribution in [0.15, 0.2) is 18.2 Å². The number of rotatable bonds is 3. The Morgan fingerprint density at radius 1 is 1.33 bits per heavy atom. The monoisotopic (exact) mass is 295 g/mol. The summed E-state index contributed by atoms with van der Waals surface area (Å²) in [5.41, 5.74) is 0.527. The number of aliphatic hydroxyl groups is 2. The van der Waals surface area contributed by atoms with Crippen molar-refractivity contribution in [3.63, 3.8) is 0 Å². The fourth-order valence-corrected chi connectivity index (χ4v) is 3.55.